The second-order valence-corrected chi connectivity index (χ2v) is 3.53. The van der Waals surface area contributed by atoms with Gasteiger partial charge in [-0.15, -0.1) is 6.58 Å². The highest BCUT2D eigenvalue weighted by Crippen LogP contribution is 2.08. The largest absolute Gasteiger partial charge is 0.478 e. The number of ether oxygens (including phenoxy) is 1. The normalized spacial score (nSPS) is 21.0. The fourth-order valence-electron chi connectivity index (χ4n) is 1.53. The van der Waals surface area contributed by atoms with Crippen LogP contribution in [0, 0.1) is 0 Å². The molecular formula is C11H17NO3. The van der Waals surface area contributed by atoms with E-state index in [1.807, 2.05) is 0 Å². The predicted molar refractivity (Wildman–Crippen MR) is 57.8 cm³/mol. The van der Waals surface area contributed by atoms with Gasteiger partial charge in [0.25, 0.3) is 0 Å². The molecule has 0 aromatic heterocycles. The lowest BCUT2D eigenvalue weighted by Gasteiger charge is -2.31. The molecule has 4 heteroatoms. The van der Waals surface area contributed by atoms with Gasteiger partial charge in [0.05, 0.1) is 13.2 Å². The fraction of sp³-hybridized carbons (Fsp3) is 0.545. The number of hydrogen-bond donors (Lipinski definition) is 1. The zero-order chi connectivity index (χ0) is 11.3. The molecule has 15 heavy (non-hydrogen) atoms. The summed E-state index contributed by atoms with van der Waals surface area (Å²) in [6.45, 7) is 8.36. The minimum absolute atomic E-state index is 0.00926. The smallest absolute Gasteiger partial charge is 0.331 e. The maximum Gasteiger partial charge on any atom is 0.331 e. The lowest BCUT2D eigenvalue weighted by Crippen LogP contribution is -2.42. The minimum atomic E-state index is -0.880. The third-order valence-electron chi connectivity index (χ3n) is 2.47. The van der Waals surface area contributed by atoms with Gasteiger partial charge in [0.15, 0.2) is 0 Å². The summed E-state index contributed by atoms with van der Waals surface area (Å²) in [5.74, 6) is -0.880. The van der Waals surface area contributed by atoms with E-state index in [0.717, 1.165) is 13.1 Å². The van der Waals surface area contributed by atoms with Crippen molar-refractivity contribution in [3.05, 3.63) is 24.3 Å². The van der Waals surface area contributed by atoms with Crippen molar-refractivity contribution in [3.8, 4) is 0 Å². The SMILES string of the molecule is C=CC(C=C(C)C(=O)O)N1CCOCC1. The van der Waals surface area contributed by atoms with E-state index in [1.54, 1.807) is 19.1 Å². The summed E-state index contributed by atoms with van der Waals surface area (Å²) in [5, 5.41) is 8.78. The van der Waals surface area contributed by atoms with Crippen LogP contribution in [0.1, 0.15) is 6.92 Å². The average molecular weight is 211 g/mol. The number of carboxylic acid groups (broad SMARTS) is 1. The quantitative estimate of drug-likeness (QED) is 0.554. The Bertz CT molecular complexity index is 267. The van der Waals surface area contributed by atoms with Gasteiger partial charge < -0.3 is 9.84 Å². The van der Waals surface area contributed by atoms with Crippen molar-refractivity contribution in [1.29, 1.82) is 0 Å². The molecule has 1 saturated heterocycles. The topological polar surface area (TPSA) is 49.8 Å². The van der Waals surface area contributed by atoms with E-state index >= 15 is 0 Å². The molecule has 1 rings (SSSR count). The summed E-state index contributed by atoms with van der Waals surface area (Å²) in [6, 6.07) is -0.00926. The molecule has 0 aliphatic carbocycles. The molecule has 1 N–H and O–H groups in total. The first kappa shape index (κ1) is 11.9. The van der Waals surface area contributed by atoms with Crippen LogP contribution in [0.5, 0.6) is 0 Å². The van der Waals surface area contributed by atoms with E-state index in [9.17, 15) is 4.79 Å². The van der Waals surface area contributed by atoms with E-state index in [1.165, 1.54) is 0 Å². The summed E-state index contributed by atoms with van der Waals surface area (Å²) in [6.07, 6.45) is 3.48. The van der Waals surface area contributed by atoms with Crippen molar-refractivity contribution in [2.75, 3.05) is 26.3 Å². The Morgan fingerprint density at radius 1 is 1.53 bits per heavy atom. The van der Waals surface area contributed by atoms with Crippen LogP contribution in [0.4, 0.5) is 0 Å². The summed E-state index contributed by atoms with van der Waals surface area (Å²) in [4.78, 5) is 12.8. The lowest BCUT2D eigenvalue weighted by atomic mass is 10.1. The molecule has 0 saturated carbocycles. The third-order valence-corrected chi connectivity index (χ3v) is 2.47. The molecular weight excluding hydrogens is 194 g/mol. The first-order chi connectivity index (χ1) is 7.15. The second kappa shape index (κ2) is 5.68. The van der Waals surface area contributed by atoms with Crippen molar-refractivity contribution in [2.45, 2.75) is 13.0 Å². The molecule has 1 unspecified atom stereocenters. The Labute approximate surface area is 89.8 Å². The van der Waals surface area contributed by atoms with Crippen LogP contribution >= 0.6 is 0 Å². The van der Waals surface area contributed by atoms with Crippen molar-refractivity contribution in [3.63, 3.8) is 0 Å². The number of nitrogens with zero attached hydrogens (tertiary/aromatic N) is 1. The maximum absolute atomic E-state index is 10.7. The van der Waals surface area contributed by atoms with E-state index in [0.29, 0.717) is 18.8 Å². The molecule has 1 aliphatic heterocycles. The molecule has 0 aromatic rings. The van der Waals surface area contributed by atoms with Gasteiger partial charge in [0, 0.05) is 24.7 Å². The van der Waals surface area contributed by atoms with Crippen LogP contribution in [-0.2, 0) is 9.53 Å². The van der Waals surface area contributed by atoms with Crippen molar-refractivity contribution < 1.29 is 14.6 Å². The molecule has 4 nitrogen and oxygen atoms in total. The van der Waals surface area contributed by atoms with E-state index in [-0.39, 0.29) is 6.04 Å². The van der Waals surface area contributed by atoms with Crippen LogP contribution in [0.2, 0.25) is 0 Å². The van der Waals surface area contributed by atoms with Gasteiger partial charge in [-0.1, -0.05) is 12.2 Å². The van der Waals surface area contributed by atoms with Gasteiger partial charge in [-0.2, -0.15) is 0 Å². The monoisotopic (exact) mass is 211 g/mol. The van der Waals surface area contributed by atoms with Crippen molar-refractivity contribution in [1.82, 2.24) is 4.90 Å². The van der Waals surface area contributed by atoms with Crippen LogP contribution in [-0.4, -0.2) is 48.3 Å². The highest BCUT2D eigenvalue weighted by Gasteiger charge is 2.17. The van der Waals surface area contributed by atoms with Gasteiger partial charge in [0.1, 0.15) is 0 Å². The number of carboxylic acids is 1. The molecule has 0 bridgehead atoms. The summed E-state index contributed by atoms with van der Waals surface area (Å²) < 4.78 is 5.23. The predicted octanol–water partition coefficient (Wildman–Crippen LogP) is 0.904. The van der Waals surface area contributed by atoms with Gasteiger partial charge in [-0.05, 0) is 6.92 Å². The van der Waals surface area contributed by atoms with Crippen LogP contribution in [0.3, 0.4) is 0 Å². The number of morpholine rings is 1. The van der Waals surface area contributed by atoms with Gasteiger partial charge >= 0.3 is 5.97 Å². The van der Waals surface area contributed by atoms with Gasteiger partial charge in [0.2, 0.25) is 0 Å². The van der Waals surface area contributed by atoms with Crippen LogP contribution in [0.15, 0.2) is 24.3 Å². The zero-order valence-corrected chi connectivity index (χ0v) is 8.98. The van der Waals surface area contributed by atoms with E-state index in [2.05, 4.69) is 11.5 Å². The third kappa shape index (κ3) is 3.49. The molecule has 1 fully saturated rings. The Hall–Kier alpha value is -1.13. The fourth-order valence-corrected chi connectivity index (χ4v) is 1.53. The average Bonchev–Trinajstić information content (AvgIpc) is 2.26. The van der Waals surface area contributed by atoms with E-state index < -0.39 is 5.97 Å². The molecule has 0 spiro atoms. The van der Waals surface area contributed by atoms with Gasteiger partial charge in [-0.3, -0.25) is 4.90 Å². The Morgan fingerprint density at radius 3 is 2.60 bits per heavy atom. The summed E-state index contributed by atoms with van der Waals surface area (Å²) >= 11 is 0. The van der Waals surface area contributed by atoms with Crippen LogP contribution in [0.25, 0.3) is 0 Å². The number of rotatable bonds is 4. The molecule has 1 heterocycles. The number of aliphatic carboxylic acids is 1. The molecule has 1 aliphatic rings. The highest BCUT2D eigenvalue weighted by molar-refractivity contribution is 5.85. The Kier molecular flexibility index (Phi) is 4.52. The Balaban J connectivity index is 2.65. The summed E-state index contributed by atoms with van der Waals surface area (Å²) in [7, 11) is 0. The maximum atomic E-state index is 10.7. The molecule has 84 valence electrons. The van der Waals surface area contributed by atoms with Crippen molar-refractivity contribution in [2.24, 2.45) is 0 Å². The second-order valence-electron chi connectivity index (χ2n) is 3.53. The number of carbonyl (C=O) groups is 1. The molecule has 1 atom stereocenters. The van der Waals surface area contributed by atoms with E-state index in [4.69, 9.17) is 9.84 Å². The molecule has 0 aromatic carbocycles. The molecule has 0 amide bonds. The lowest BCUT2D eigenvalue weighted by molar-refractivity contribution is -0.132. The minimum Gasteiger partial charge on any atom is -0.478 e. The Morgan fingerprint density at radius 2 is 2.13 bits per heavy atom. The zero-order valence-electron chi connectivity index (χ0n) is 8.98. The first-order valence-electron chi connectivity index (χ1n) is 5.01. The highest BCUT2D eigenvalue weighted by atomic mass is 16.5. The molecule has 0 radical (unpaired) electrons. The van der Waals surface area contributed by atoms with Gasteiger partial charge in [-0.25, -0.2) is 4.79 Å². The first-order valence-corrected chi connectivity index (χ1v) is 5.01. The number of hydrogen-bond acceptors (Lipinski definition) is 3. The van der Waals surface area contributed by atoms with Crippen molar-refractivity contribution >= 4 is 5.97 Å². The van der Waals surface area contributed by atoms with Crippen LogP contribution < -0.4 is 0 Å². The summed E-state index contributed by atoms with van der Waals surface area (Å²) in [5.41, 5.74) is 0.353. The standard InChI is InChI=1S/C11H17NO3/c1-3-10(8-9(2)11(13)14)12-4-6-15-7-5-12/h3,8,10H,1,4-7H2,2H3,(H,13,14).